The van der Waals surface area contributed by atoms with Crippen molar-refractivity contribution in [1.82, 2.24) is 19.9 Å². The van der Waals surface area contributed by atoms with Crippen LogP contribution in [-0.2, 0) is 4.79 Å². The number of aromatic nitrogens is 3. The van der Waals surface area contributed by atoms with Crippen LogP contribution in [0.5, 0.6) is 0 Å². The van der Waals surface area contributed by atoms with Gasteiger partial charge in [-0.25, -0.2) is 4.98 Å². The van der Waals surface area contributed by atoms with Gasteiger partial charge in [-0.3, -0.25) is 4.79 Å². The van der Waals surface area contributed by atoms with Gasteiger partial charge in [0.15, 0.2) is 5.82 Å². The van der Waals surface area contributed by atoms with Crippen LogP contribution in [0.1, 0.15) is 34.6 Å². The minimum atomic E-state index is -0.147. The lowest BCUT2D eigenvalue weighted by molar-refractivity contribution is -0.120. The van der Waals surface area contributed by atoms with Crippen LogP contribution < -0.4 is 15.5 Å². The zero-order valence-corrected chi connectivity index (χ0v) is 18.1. The second-order valence-corrected chi connectivity index (χ2v) is 9.14. The average molecular weight is 401 g/mol. The van der Waals surface area contributed by atoms with E-state index in [0.717, 1.165) is 27.2 Å². The number of nitrogens with one attached hydrogen (secondary N) is 2. The number of rotatable bonds is 6. The van der Waals surface area contributed by atoms with Crippen molar-refractivity contribution in [2.24, 2.45) is 0 Å². The lowest BCUT2D eigenvalue weighted by Crippen LogP contribution is -2.38. The topological polar surface area (TPSA) is 74.6 Å². The van der Waals surface area contributed by atoms with Gasteiger partial charge in [0, 0.05) is 24.2 Å². The van der Waals surface area contributed by atoms with Crippen molar-refractivity contribution in [3.05, 3.63) is 30.3 Å². The number of imidazole rings is 1. The Balaban J connectivity index is 1.96. The summed E-state index contributed by atoms with van der Waals surface area (Å²) in [5.74, 6) is 0.833. The Hall–Kier alpha value is -2.61. The molecule has 0 radical (unpaired) electrons. The maximum Gasteiger partial charge on any atom is 0.239 e. The van der Waals surface area contributed by atoms with Crippen LogP contribution in [0.3, 0.4) is 0 Å². The number of likely N-dealkylation sites (N-methyl/N-ethyl adjacent to an activating group) is 1. The molecule has 0 saturated heterocycles. The van der Waals surface area contributed by atoms with E-state index >= 15 is 0 Å². The molecule has 8 heteroatoms. The third-order valence-corrected chi connectivity index (χ3v) is 4.91. The summed E-state index contributed by atoms with van der Waals surface area (Å²) in [7, 11) is 1.87. The highest BCUT2D eigenvalue weighted by molar-refractivity contribution is 7.20. The van der Waals surface area contributed by atoms with Crippen molar-refractivity contribution >= 4 is 33.2 Å². The summed E-state index contributed by atoms with van der Waals surface area (Å²) in [6, 6.07) is 10.2. The maximum atomic E-state index is 12.1. The zero-order valence-electron chi connectivity index (χ0n) is 17.3. The molecule has 0 spiro atoms. The van der Waals surface area contributed by atoms with E-state index < -0.39 is 0 Å². The minimum Gasteiger partial charge on any atom is -0.364 e. The second-order valence-electron chi connectivity index (χ2n) is 8.21. The second kappa shape index (κ2) is 7.79. The first-order valence-corrected chi connectivity index (χ1v) is 10.2. The van der Waals surface area contributed by atoms with Gasteiger partial charge in [-0.1, -0.05) is 41.7 Å². The molecule has 2 aromatic heterocycles. The molecule has 0 fully saturated rings. The van der Waals surface area contributed by atoms with Gasteiger partial charge in [0.2, 0.25) is 16.0 Å². The molecule has 0 atom stereocenters. The molecule has 0 aliphatic heterocycles. The molecule has 3 rings (SSSR count). The van der Waals surface area contributed by atoms with Gasteiger partial charge in [-0.2, -0.15) is 4.52 Å². The van der Waals surface area contributed by atoms with Gasteiger partial charge >= 0.3 is 0 Å². The minimum absolute atomic E-state index is 0.0247. The largest absolute Gasteiger partial charge is 0.364 e. The molecule has 28 heavy (non-hydrogen) atoms. The number of amides is 1. The van der Waals surface area contributed by atoms with Crippen LogP contribution in [0.25, 0.3) is 16.2 Å². The molecular formula is C20H28N6OS. The van der Waals surface area contributed by atoms with E-state index in [9.17, 15) is 4.79 Å². The number of hydrogen-bond donors (Lipinski definition) is 2. The fraction of sp³-hybridized carbons (Fsp3) is 0.450. The Bertz CT molecular complexity index is 954. The van der Waals surface area contributed by atoms with Crippen molar-refractivity contribution in [3.8, 4) is 11.3 Å². The number of fused-ring (bicyclic) bond motifs is 1. The van der Waals surface area contributed by atoms with Crippen molar-refractivity contribution in [1.29, 1.82) is 0 Å². The lowest BCUT2D eigenvalue weighted by atomic mass is 10.1. The first-order valence-electron chi connectivity index (χ1n) is 9.38. The van der Waals surface area contributed by atoms with E-state index in [1.807, 2.05) is 60.6 Å². The molecule has 2 heterocycles. The number of carbonyl (C=O) groups excluding carboxylic acids is 1. The lowest BCUT2D eigenvalue weighted by Gasteiger charge is -2.22. The van der Waals surface area contributed by atoms with Crippen LogP contribution in [0.4, 0.5) is 10.9 Å². The fourth-order valence-electron chi connectivity index (χ4n) is 2.81. The Labute approximate surface area is 169 Å². The number of carbonyl (C=O) groups is 1. The summed E-state index contributed by atoms with van der Waals surface area (Å²) in [6.45, 7) is 10.5. The summed E-state index contributed by atoms with van der Waals surface area (Å²) in [5, 5.41) is 11.9. The fourth-order valence-corrected chi connectivity index (χ4v) is 3.67. The number of anilines is 2. The molecule has 0 saturated carbocycles. The predicted molar refractivity (Wildman–Crippen MR) is 116 cm³/mol. The SMILES string of the molecule is CC(C)NC(=O)CN(C)c1nn2c(NC(C)(C)C)c(-c3ccccc3)nc2s1. The van der Waals surface area contributed by atoms with E-state index in [1.165, 1.54) is 11.3 Å². The van der Waals surface area contributed by atoms with Gasteiger partial charge in [0.1, 0.15) is 5.69 Å². The van der Waals surface area contributed by atoms with Crippen LogP contribution in [0.2, 0.25) is 0 Å². The highest BCUT2D eigenvalue weighted by Crippen LogP contribution is 2.34. The summed E-state index contributed by atoms with van der Waals surface area (Å²) in [6.07, 6.45) is 0. The van der Waals surface area contributed by atoms with E-state index in [0.29, 0.717) is 0 Å². The Morgan fingerprint density at radius 1 is 1.25 bits per heavy atom. The molecule has 1 aromatic carbocycles. The molecule has 0 bridgehead atoms. The molecular weight excluding hydrogens is 372 g/mol. The summed E-state index contributed by atoms with van der Waals surface area (Å²) < 4.78 is 1.84. The van der Waals surface area contributed by atoms with Gasteiger partial charge in [-0.15, -0.1) is 5.10 Å². The third kappa shape index (κ3) is 4.62. The summed E-state index contributed by atoms with van der Waals surface area (Å²) in [4.78, 5) is 19.5. The van der Waals surface area contributed by atoms with E-state index in [1.54, 1.807) is 0 Å². The standard InChI is InChI=1S/C20H28N6OS/c1-13(2)21-15(27)12-25(6)19-24-26-17(23-20(3,4)5)16(22-18(26)28-19)14-10-8-7-9-11-14/h7-11,13,23H,12H2,1-6H3,(H,21,27). The number of hydrogen-bond acceptors (Lipinski definition) is 6. The molecule has 150 valence electrons. The van der Waals surface area contributed by atoms with Gasteiger partial charge < -0.3 is 15.5 Å². The van der Waals surface area contributed by atoms with Crippen molar-refractivity contribution in [3.63, 3.8) is 0 Å². The number of nitrogens with zero attached hydrogens (tertiary/aromatic N) is 4. The molecule has 1 amide bonds. The van der Waals surface area contributed by atoms with Gasteiger partial charge in [0.05, 0.1) is 6.54 Å². The Kier molecular flexibility index (Phi) is 5.60. The van der Waals surface area contributed by atoms with Crippen molar-refractivity contribution in [2.45, 2.75) is 46.2 Å². The third-order valence-electron chi connectivity index (χ3n) is 3.89. The first-order chi connectivity index (χ1) is 13.1. The van der Waals surface area contributed by atoms with E-state index in [4.69, 9.17) is 10.1 Å². The highest BCUT2D eigenvalue weighted by Gasteiger charge is 2.23. The maximum absolute atomic E-state index is 12.1. The summed E-state index contributed by atoms with van der Waals surface area (Å²) >= 11 is 1.47. The molecule has 0 aliphatic rings. The van der Waals surface area contributed by atoms with Crippen LogP contribution in [-0.4, -0.2) is 45.7 Å². The highest BCUT2D eigenvalue weighted by atomic mass is 32.1. The van der Waals surface area contributed by atoms with Crippen LogP contribution >= 0.6 is 11.3 Å². The molecule has 0 aliphatic carbocycles. The smallest absolute Gasteiger partial charge is 0.239 e. The number of benzene rings is 1. The van der Waals surface area contributed by atoms with E-state index in [-0.39, 0.29) is 24.0 Å². The van der Waals surface area contributed by atoms with Crippen molar-refractivity contribution < 1.29 is 4.79 Å². The van der Waals surface area contributed by atoms with Crippen LogP contribution in [0.15, 0.2) is 30.3 Å². The monoisotopic (exact) mass is 400 g/mol. The summed E-state index contributed by atoms with van der Waals surface area (Å²) in [5.41, 5.74) is 1.77. The zero-order chi connectivity index (χ0) is 20.5. The molecule has 7 nitrogen and oxygen atoms in total. The normalized spacial score (nSPS) is 11.8. The van der Waals surface area contributed by atoms with Gasteiger partial charge in [0.25, 0.3) is 0 Å². The Morgan fingerprint density at radius 2 is 1.93 bits per heavy atom. The predicted octanol–water partition coefficient (Wildman–Crippen LogP) is 3.63. The van der Waals surface area contributed by atoms with Crippen molar-refractivity contribution in [2.75, 3.05) is 23.8 Å². The quantitative estimate of drug-likeness (QED) is 0.661. The Morgan fingerprint density at radius 3 is 2.54 bits per heavy atom. The molecule has 0 unspecified atom stereocenters. The molecule has 2 N–H and O–H groups in total. The first kappa shape index (κ1) is 20.1. The van der Waals surface area contributed by atoms with Gasteiger partial charge in [-0.05, 0) is 34.6 Å². The van der Waals surface area contributed by atoms with Crippen LogP contribution in [0, 0.1) is 0 Å². The molecule has 3 aromatic rings. The average Bonchev–Trinajstić information content (AvgIpc) is 3.13. The van der Waals surface area contributed by atoms with E-state index in [2.05, 4.69) is 31.4 Å².